The molecule has 0 amide bonds. The third-order valence-corrected chi connectivity index (χ3v) is 4.51. The fraction of sp³-hybridized carbons (Fsp3) is 0.400. The van der Waals surface area contributed by atoms with Crippen LogP contribution in [0.25, 0.3) is 0 Å². The minimum Gasteiger partial charge on any atom is -0.398 e. The molecule has 4 nitrogen and oxygen atoms in total. The van der Waals surface area contributed by atoms with Gasteiger partial charge in [-0.2, -0.15) is 5.10 Å². The Morgan fingerprint density at radius 1 is 1.40 bits per heavy atom. The van der Waals surface area contributed by atoms with E-state index in [9.17, 15) is 0 Å². The largest absolute Gasteiger partial charge is 0.398 e. The van der Waals surface area contributed by atoms with Gasteiger partial charge in [0.1, 0.15) is 5.15 Å². The van der Waals surface area contributed by atoms with E-state index in [-0.39, 0.29) is 0 Å². The van der Waals surface area contributed by atoms with Gasteiger partial charge in [0.25, 0.3) is 0 Å². The molecule has 2 heterocycles. The summed E-state index contributed by atoms with van der Waals surface area (Å²) in [6, 6.07) is 6.17. The Bertz CT molecular complexity index is 648. The van der Waals surface area contributed by atoms with Crippen molar-refractivity contribution in [3.8, 4) is 0 Å². The zero-order valence-corrected chi connectivity index (χ0v) is 12.6. The molecular weight excluding hydrogens is 272 g/mol. The molecule has 0 spiro atoms. The molecule has 3 rings (SSSR count). The summed E-state index contributed by atoms with van der Waals surface area (Å²) in [6.07, 6.45) is 0.999. The quantitative estimate of drug-likeness (QED) is 0.865. The highest BCUT2D eigenvalue weighted by Crippen LogP contribution is 2.27. The van der Waals surface area contributed by atoms with Crippen LogP contribution in [0.15, 0.2) is 18.2 Å². The number of nitrogen functional groups attached to an aromatic ring is 1. The lowest BCUT2D eigenvalue weighted by Gasteiger charge is -2.29. The first-order valence-corrected chi connectivity index (χ1v) is 7.20. The number of nitrogens with two attached hydrogens (primary N) is 1. The van der Waals surface area contributed by atoms with E-state index in [2.05, 4.69) is 16.1 Å². The van der Waals surface area contributed by atoms with Crippen molar-refractivity contribution in [2.45, 2.75) is 26.4 Å². The molecule has 0 unspecified atom stereocenters. The summed E-state index contributed by atoms with van der Waals surface area (Å²) >= 11 is 6.31. The van der Waals surface area contributed by atoms with Gasteiger partial charge in [-0.3, -0.25) is 9.58 Å². The Balaban J connectivity index is 1.81. The standard InChI is InChI=1S/C15H19ClN4/c1-10-13(15(16)19(2)18-10)9-20-7-6-12-11(8-20)4-3-5-14(12)17/h3-5H,6-9,17H2,1-2H3. The Morgan fingerprint density at radius 3 is 2.90 bits per heavy atom. The number of aromatic nitrogens is 2. The molecule has 106 valence electrons. The maximum atomic E-state index is 6.31. The van der Waals surface area contributed by atoms with E-state index in [1.165, 1.54) is 11.1 Å². The van der Waals surface area contributed by atoms with Gasteiger partial charge >= 0.3 is 0 Å². The second-order valence-electron chi connectivity index (χ2n) is 5.42. The van der Waals surface area contributed by atoms with Gasteiger partial charge in [-0.25, -0.2) is 0 Å². The zero-order chi connectivity index (χ0) is 14.3. The molecule has 0 bridgehead atoms. The molecule has 1 aliphatic rings. The van der Waals surface area contributed by atoms with Crippen molar-refractivity contribution in [3.05, 3.63) is 45.7 Å². The Labute approximate surface area is 124 Å². The highest BCUT2D eigenvalue weighted by atomic mass is 35.5. The lowest BCUT2D eigenvalue weighted by Crippen LogP contribution is -2.30. The van der Waals surface area contributed by atoms with E-state index in [0.29, 0.717) is 0 Å². The normalized spacial score (nSPS) is 15.3. The lowest BCUT2D eigenvalue weighted by atomic mass is 9.97. The predicted molar refractivity (Wildman–Crippen MR) is 81.6 cm³/mol. The summed E-state index contributed by atoms with van der Waals surface area (Å²) < 4.78 is 1.74. The zero-order valence-electron chi connectivity index (χ0n) is 11.9. The average molecular weight is 291 g/mol. The highest BCUT2D eigenvalue weighted by molar-refractivity contribution is 6.30. The number of anilines is 1. The van der Waals surface area contributed by atoms with E-state index < -0.39 is 0 Å². The van der Waals surface area contributed by atoms with Crippen molar-refractivity contribution < 1.29 is 0 Å². The summed E-state index contributed by atoms with van der Waals surface area (Å²) in [5.74, 6) is 0. The van der Waals surface area contributed by atoms with Crippen molar-refractivity contribution in [1.29, 1.82) is 0 Å². The molecule has 0 radical (unpaired) electrons. The summed E-state index contributed by atoms with van der Waals surface area (Å²) in [5, 5.41) is 5.11. The summed E-state index contributed by atoms with van der Waals surface area (Å²) in [6.45, 7) is 4.78. The number of rotatable bonds is 2. The number of hydrogen-bond acceptors (Lipinski definition) is 3. The predicted octanol–water partition coefficient (Wildman–Crippen LogP) is 2.52. The van der Waals surface area contributed by atoms with Gasteiger partial charge < -0.3 is 5.73 Å². The Hall–Kier alpha value is -1.52. The fourth-order valence-electron chi connectivity index (χ4n) is 2.91. The third-order valence-electron chi connectivity index (χ3n) is 4.03. The first-order chi connectivity index (χ1) is 9.56. The first kappa shape index (κ1) is 13.5. The van der Waals surface area contributed by atoms with Crippen molar-refractivity contribution >= 4 is 17.3 Å². The Morgan fingerprint density at radius 2 is 2.20 bits per heavy atom. The van der Waals surface area contributed by atoms with E-state index in [1.54, 1.807) is 4.68 Å². The van der Waals surface area contributed by atoms with Crippen LogP contribution in [0.5, 0.6) is 0 Å². The van der Waals surface area contributed by atoms with Gasteiger partial charge in [-0.15, -0.1) is 0 Å². The van der Waals surface area contributed by atoms with Crippen molar-refractivity contribution in [2.75, 3.05) is 12.3 Å². The number of aryl methyl sites for hydroxylation is 2. The third kappa shape index (κ3) is 2.30. The van der Waals surface area contributed by atoms with Crippen LogP contribution in [-0.4, -0.2) is 21.2 Å². The van der Waals surface area contributed by atoms with E-state index >= 15 is 0 Å². The van der Waals surface area contributed by atoms with Gasteiger partial charge in [0, 0.05) is 37.9 Å². The number of hydrogen-bond donors (Lipinski definition) is 1. The van der Waals surface area contributed by atoms with Crippen LogP contribution >= 0.6 is 11.6 Å². The number of nitrogens with zero attached hydrogens (tertiary/aromatic N) is 3. The first-order valence-electron chi connectivity index (χ1n) is 6.83. The van der Waals surface area contributed by atoms with Gasteiger partial charge in [-0.1, -0.05) is 23.7 Å². The highest BCUT2D eigenvalue weighted by Gasteiger charge is 2.20. The molecular formula is C15H19ClN4. The minimum absolute atomic E-state index is 0.737. The fourth-order valence-corrected chi connectivity index (χ4v) is 3.14. The van der Waals surface area contributed by atoms with Gasteiger partial charge in [0.2, 0.25) is 0 Å². The number of benzene rings is 1. The molecule has 2 N–H and O–H groups in total. The smallest absolute Gasteiger partial charge is 0.131 e. The van der Waals surface area contributed by atoms with E-state index in [1.807, 2.05) is 26.1 Å². The topological polar surface area (TPSA) is 47.1 Å². The molecule has 2 aromatic rings. The summed E-state index contributed by atoms with van der Waals surface area (Å²) in [4.78, 5) is 2.40. The molecule has 20 heavy (non-hydrogen) atoms. The van der Waals surface area contributed by atoms with E-state index in [0.717, 1.165) is 48.2 Å². The van der Waals surface area contributed by atoms with Crippen LogP contribution in [0.4, 0.5) is 5.69 Å². The maximum absolute atomic E-state index is 6.31. The van der Waals surface area contributed by atoms with Crippen LogP contribution in [-0.2, 0) is 26.6 Å². The molecule has 1 aromatic heterocycles. The molecule has 0 fully saturated rings. The maximum Gasteiger partial charge on any atom is 0.131 e. The molecule has 1 aromatic carbocycles. The van der Waals surface area contributed by atoms with Gasteiger partial charge in [0.05, 0.1) is 5.69 Å². The molecule has 1 aliphatic heterocycles. The summed E-state index contributed by atoms with van der Waals surface area (Å²) in [5.41, 5.74) is 11.7. The lowest BCUT2D eigenvalue weighted by molar-refractivity contribution is 0.245. The van der Waals surface area contributed by atoms with Crippen molar-refractivity contribution in [1.82, 2.24) is 14.7 Å². The number of halogens is 1. The van der Waals surface area contributed by atoms with Crippen LogP contribution in [0.2, 0.25) is 5.15 Å². The minimum atomic E-state index is 0.737. The second-order valence-corrected chi connectivity index (χ2v) is 5.78. The summed E-state index contributed by atoms with van der Waals surface area (Å²) in [7, 11) is 1.88. The molecule has 0 aliphatic carbocycles. The van der Waals surface area contributed by atoms with E-state index in [4.69, 9.17) is 17.3 Å². The molecule has 0 saturated carbocycles. The van der Waals surface area contributed by atoms with Gasteiger partial charge in [-0.05, 0) is 30.5 Å². The monoisotopic (exact) mass is 290 g/mol. The SMILES string of the molecule is Cc1nn(C)c(Cl)c1CN1CCc2c(N)cccc2C1. The van der Waals surface area contributed by atoms with Crippen LogP contribution in [0, 0.1) is 6.92 Å². The van der Waals surface area contributed by atoms with Crippen LogP contribution in [0.3, 0.4) is 0 Å². The van der Waals surface area contributed by atoms with Crippen molar-refractivity contribution in [2.24, 2.45) is 7.05 Å². The van der Waals surface area contributed by atoms with Gasteiger partial charge in [0.15, 0.2) is 0 Å². The van der Waals surface area contributed by atoms with Crippen molar-refractivity contribution in [3.63, 3.8) is 0 Å². The van der Waals surface area contributed by atoms with Crippen LogP contribution in [0.1, 0.15) is 22.4 Å². The van der Waals surface area contributed by atoms with Crippen LogP contribution < -0.4 is 5.73 Å². The molecule has 0 saturated heterocycles. The molecule has 0 atom stereocenters. The number of fused-ring (bicyclic) bond motifs is 1. The second kappa shape index (κ2) is 5.11. The Kier molecular flexibility index (Phi) is 3.44. The average Bonchev–Trinajstić information content (AvgIpc) is 2.66. The molecule has 5 heteroatoms.